The third-order valence-corrected chi connectivity index (χ3v) is 5.10. The molecule has 0 fully saturated rings. The number of imidazole rings is 1. The fourth-order valence-corrected chi connectivity index (χ4v) is 3.63. The highest BCUT2D eigenvalue weighted by atomic mass is 32.2. The molecular weight excluding hydrogens is 359 g/mol. The molecule has 0 N–H and O–H groups in total. The Morgan fingerprint density at radius 2 is 1.81 bits per heavy atom. The van der Waals surface area contributed by atoms with Crippen LogP contribution in [0.1, 0.15) is 17.3 Å². The number of carbonyl (C=O) groups excluding carboxylic acids is 1. The number of hydrogen-bond donors (Lipinski definition) is 0. The van der Waals surface area contributed by atoms with Crippen molar-refractivity contribution in [2.45, 2.75) is 18.6 Å². The van der Waals surface area contributed by atoms with Crippen LogP contribution >= 0.6 is 11.8 Å². The van der Waals surface area contributed by atoms with Crippen LogP contribution in [-0.2, 0) is 20.6 Å². The molecule has 0 spiro atoms. The van der Waals surface area contributed by atoms with Gasteiger partial charge < -0.3 is 4.57 Å². The molecule has 3 rings (SSSR count). The van der Waals surface area contributed by atoms with E-state index in [9.17, 15) is 18.8 Å². The van der Waals surface area contributed by atoms with Crippen LogP contribution in [0.4, 0.5) is 4.39 Å². The summed E-state index contributed by atoms with van der Waals surface area (Å²) < 4.78 is 17.0. The number of halogens is 1. The van der Waals surface area contributed by atoms with Crippen LogP contribution in [0.15, 0.2) is 39.0 Å². The maximum atomic E-state index is 13.0. The number of hydrogen-bond acceptors (Lipinski definition) is 5. The van der Waals surface area contributed by atoms with Gasteiger partial charge in [-0.1, -0.05) is 11.8 Å². The minimum Gasteiger partial charge on any atom is -0.313 e. The number of benzene rings is 1. The summed E-state index contributed by atoms with van der Waals surface area (Å²) in [6.07, 6.45) is 0. The molecule has 2 aromatic heterocycles. The number of ketones is 1. The average molecular weight is 376 g/mol. The normalized spacial score (nSPS) is 11.2. The molecule has 7 nitrogen and oxygen atoms in total. The van der Waals surface area contributed by atoms with Crippen molar-refractivity contribution in [2.24, 2.45) is 14.1 Å². The average Bonchev–Trinajstić information content (AvgIpc) is 3.02. The zero-order valence-electron chi connectivity index (χ0n) is 14.5. The molecule has 136 valence electrons. The van der Waals surface area contributed by atoms with Crippen LogP contribution in [0.2, 0.25) is 0 Å². The van der Waals surface area contributed by atoms with Crippen molar-refractivity contribution >= 4 is 28.7 Å². The standard InChI is InChI=1S/C17H17FN4O3S/c1-4-22-13-14(20(2)17(25)21(3)15(13)24)19-16(22)26-9-12(23)10-5-7-11(18)8-6-10/h5-8H,4,9H2,1-3H3. The molecule has 1 aromatic carbocycles. The molecule has 0 aliphatic rings. The van der Waals surface area contributed by atoms with E-state index >= 15 is 0 Å². The number of Topliss-reactive ketones (excluding diaryl/α,β-unsaturated/α-hetero) is 1. The van der Waals surface area contributed by atoms with Gasteiger partial charge in [0.1, 0.15) is 5.82 Å². The quantitative estimate of drug-likeness (QED) is 0.499. The summed E-state index contributed by atoms with van der Waals surface area (Å²) in [7, 11) is 2.97. The largest absolute Gasteiger partial charge is 0.332 e. The second kappa shape index (κ2) is 6.91. The highest BCUT2D eigenvalue weighted by Gasteiger charge is 2.19. The number of fused-ring (bicyclic) bond motifs is 1. The Kier molecular flexibility index (Phi) is 4.82. The van der Waals surface area contributed by atoms with E-state index < -0.39 is 17.1 Å². The minimum atomic E-state index is -0.456. The van der Waals surface area contributed by atoms with E-state index in [0.717, 1.165) is 4.57 Å². The first kappa shape index (κ1) is 18.1. The Morgan fingerprint density at radius 1 is 1.15 bits per heavy atom. The van der Waals surface area contributed by atoms with Gasteiger partial charge in [-0.05, 0) is 31.2 Å². The molecule has 9 heteroatoms. The van der Waals surface area contributed by atoms with Crippen LogP contribution < -0.4 is 11.2 Å². The smallest absolute Gasteiger partial charge is 0.313 e. The summed E-state index contributed by atoms with van der Waals surface area (Å²) in [6, 6.07) is 5.33. The summed E-state index contributed by atoms with van der Waals surface area (Å²) in [6.45, 7) is 2.33. The van der Waals surface area contributed by atoms with Gasteiger partial charge in [0, 0.05) is 26.2 Å². The number of aromatic nitrogens is 4. The molecule has 0 unspecified atom stereocenters. The van der Waals surface area contributed by atoms with Crippen LogP contribution in [-0.4, -0.2) is 30.2 Å². The van der Waals surface area contributed by atoms with Gasteiger partial charge >= 0.3 is 5.69 Å². The summed E-state index contributed by atoms with van der Waals surface area (Å²) >= 11 is 1.18. The van der Waals surface area contributed by atoms with Gasteiger partial charge in [0.15, 0.2) is 22.1 Å². The lowest BCUT2D eigenvalue weighted by molar-refractivity contribution is 0.102. The third-order valence-electron chi connectivity index (χ3n) is 4.13. The molecular formula is C17H17FN4O3S. The summed E-state index contributed by atoms with van der Waals surface area (Å²) in [5.41, 5.74) is 0.142. The fourth-order valence-electron chi connectivity index (χ4n) is 2.68. The lowest BCUT2D eigenvalue weighted by Crippen LogP contribution is -2.37. The van der Waals surface area contributed by atoms with E-state index in [-0.39, 0.29) is 17.2 Å². The Balaban J connectivity index is 1.98. The monoisotopic (exact) mass is 376 g/mol. The number of aryl methyl sites for hydroxylation is 2. The lowest BCUT2D eigenvalue weighted by atomic mass is 10.1. The zero-order chi connectivity index (χ0) is 19.0. The molecule has 26 heavy (non-hydrogen) atoms. The number of rotatable bonds is 5. The second-order valence-electron chi connectivity index (χ2n) is 5.74. The maximum absolute atomic E-state index is 13.0. The predicted molar refractivity (Wildman–Crippen MR) is 97.3 cm³/mol. The van der Waals surface area contributed by atoms with Crippen LogP contribution in [0.3, 0.4) is 0 Å². The minimum absolute atomic E-state index is 0.0865. The molecule has 0 bridgehead atoms. The first-order valence-corrected chi connectivity index (χ1v) is 8.91. The van der Waals surface area contributed by atoms with Crippen molar-refractivity contribution in [3.05, 3.63) is 56.5 Å². The van der Waals surface area contributed by atoms with E-state index in [4.69, 9.17) is 0 Å². The van der Waals surface area contributed by atoms with Gasteiger partial charge in [-0.25, -0.2) is 14.2 Å². The summed E-state index contributed by atoms with van der Waals surface area (Å²) in [4.78, 5) is 41.2. The number of nitrogens with zero attached hydrogens (tertiary/aromatic N) is 4. The molecule has 0 saturated heterocycles. The number of thioether (sulfide) groups is 1. The molecule has 0 saturated carbocycles. The highest BCUT2D eigenvalue weighted by molar-refractivity contribution is 7.99. The van der Waals surface area contributed by atoms with Gasteiger partial charge in [0.25, 0.3) is 5.56 Å². The zero-order valence-corrected chi connectivity index (χ0v) is 15.3. The van der Waals surface area contributed by atoms with Gasteiger partial charge in [-0.3, -0.25) is 18.7 Å². The third kappa shape index (κ3) is 2.98. The molecule has 2 heterocycles. The van der Waals surface area contributed by atoms with Crippen molar-refractivity contribution in [3.8, 4) is 0 Å². The van der Waals surface area contributed by atoms with Crippen molar-refractivity contribution in [2.75, 3.05) is 5.75 Å². The Hall–Kier alpha value is -2.68. The van der Waals surface area contributed by atoms with Gasteiger partial charge in [0.05, 0.1) is 5.75 Å². The van der Waals surface area contributed by atoms with Crippen LogP contribution in [0.25, 0.3) is 11.2 Å². The maximum Gasteiger partial charge on any atom is 0.332 e. The number of carbonyl (C=O) groups is 1. The molecule has 3 aromatic rings. The molecule has 0 aliphatic carbocycles. The van der Waals surface area contributed by atoms with Crippen LogP contribution in [0.5, 0.6) is 0 Å². The van der Waals surface area contributed by atoms with E-state index in [1.165, 1.54) is 47.6 Å². The Morgan fingerprint density at radius 3 is 2.42 bits per heavy atom. The van der Waals surface area contributed by atoms with Crippen molar-refractivity contribution in [3.63, 3.8) is 0 Å². The topological polar surface area (TPSA) is 78.9 Å². The lowest BCUT2D eigenvalue weighted by Gasteiger charge is -2.06. The Labute approximate surface area is 152 Å². The van der Waals surface area contributed by atoms with Crippen LogP contribution in [0, 0.1) is 5.82 Å². The second-order valence-corrected chi connectivity index (χ2v) is 6.68. The van der Waals surface area contributed by atoms with Gasteiger partial charge in [-0.2, -0.15) is 0 Å². The van der Waals surface area contributed by atoms with E-state index in [2.05, 4.69) is 4.98 Å². The van der Waals surface area contributed by atoms with E-state index in [1.54, 1.807) is 11.6 Å². The first-order valence-electron chi connectivity index (χ1n) is 7.93. The summed E-state index contributed by atoms with van der Waals surface area (Å²) in [5.74, 6) is -0.492. The Bertz CT molecular complexity index is 1110. The van der Waals surface area contributed by atoms with Gasteiger partial charge in [0.2, 0.25) is 0 Å². The van der Waals surface area contributed by atoms with E-state index in [1.807, 2.05) is 6.92 Å². The fraction of sp³-hybridized carbons (Fsp3) is 0.294. The molecule has 0 aliphatic heterocycles. The SMILES string of the molecule is CCn1c(SCC(=O)c2ccc(F)cc2)nc2c1c(=O)n(C)c(=O)n2C. The summed E-state index contributed by atoms with van der Waals surface area (Å²) in [5, 5.41) is 0.483. The van der Waals surface area contributed by atoms with Crippen molar-refractivity contribution in [1.82, 2.24) is 18.7 Å². The van der Waals surface area contributed by atoms with Crippen molar-refractivity contribution < 1.29 is 9.18 Å². The molecule has 0 radical (unpaired) electrons. The highest BCUT2D eigenvalue weighted by Crippen LogP contribution is 2.22. The van der Waals surface area contributed by atoms with Crippen molar-refractivity contribution in [1.29, 1.82) is 0 Å². The first-order chi connectivity index (χ1) is 12.3. The van der Waals surface area contributed by atoms with Gasteiger partial charge in [-0.15, -0.1) is 0 Å². The van der Waals surface area contributed by atoms with E-state index in [0.29, 0.717) is 22.8 Å². The molecule has 0 amide bonds. The molecule has 0 atom stereocenters. The predicted octanol–water partition coefficient (Wildman–Crippen LogP) is 1.57.